The van der Waals surface area contributed by atoms with Crippen LogP contribution in [0, 0.1) is 17.1 Å². The van der Waals surface area contributed by atoms with Crippen LogP contribution in [0.2, 0.25) is 0 Å². The second-order valence-corrected chi connectivity index (χ2v) is 10.6. The Morgan fingerprint density at radius 2 is 2.14 bits per heavy atom. The molecule has 2 aliphatic heterocycles. The lowest BCUT2D eigenvalue weighted by atomic mass is 9.99. The molecule has 0 spiro atoms. The van der Waals surface area contributed by atoms with E-state index in [1.165, 1.54) is 48.3 Å². The number of nitriles is 1. The summed E-state index contributed by atoms with van der Waals surface area (Å²) in [5, 5.41) is 9.43. The van der Waals surface area contributed by atoms with Crippen LogP contribution in [0.4, 0.5) is 8.78 Å². The smallest absolute Gasteiger partial charge is 0.210 e. The zero-order chi connectivity index (χ0) is 26.3. The molecule has 2 aliphatic rings. The number of pyridine rings is 1. The van der Waals surface area contributed by atoms with Crippen molar-refractivity contribution in [3.63, 3.8) is 0 Å². The summed E-state index contributed by atoms with van der Waals surface area (Å²) in [6, 6.07) is 8.86. The quantitative estimate of drug-likeness (QED) is 0.595. The molecule has 2 unspecified atom stereocenters. The van der Waals surface area contributed by atoms with Crippen molar-refractivity contribution < 1.29 is 18.3 Å². The minimum atomic E-state index is -0.567. The van der Waals surface area contributed by atoms with E-state index < -0.39 is 5.83 Å². The predicted molar refractivity (Wildman–Crippen MR) is 138 cm³/mol. The summed E-state index contributed by atoms with van der Waals surface area (Å²) in [5.41, 5.74) is 7.06. The van der Waals surface area contributed by atoms with Crippen LogP contribution in [0.25, 0.3) is 11.9 Å². The summed E-state index contributed by atoms with van der Waals surface area (Å²) >= 11 is 1.46. The fourth-order valence-corrected chi connectivity index (χ4v) is 4.68. The number of amides is 1. The first-order valence-corrected chi connectivity index (χ1v) is 12.3. The molecule has 0 radical (unpaired) electrons. The van der Waals surface area contributed by atoms with Crippen molar-refractivity contribution in [1.82, 2.24) is 9.88 Å². The van der Waals surface area contributed by atoms with Crippen LogP contribution in [0.1, 0.15) is 55.6 Å². The number of ether oxygens (including phenoxy) is 1. The summed E-state index contributed by atoms with van der Waals surface area (Å²) in [7, 11) is 0. The standard InChI is InChI=1S/C19H16F2N4S.C7H13NO2/c1-11-6-18(25-19(23)26-11)14-7-12(2-4-15(14)20)8-16(21)17-5-3-13(9-22)10-24-17;1-7(2)5-10-4-3-8(7)6-9/h2-5,7-8,10-11,18H,6H2,1H3,(H2,23,25);6H,3-5H2,1-2H3/b16-8-;. The van der Waals surface area contributed by atoms with Gasteiger partial charge in [-0.2, -0.15) is 5.26 Å². The summed E-state index contributed by atoms with van der Waals surface area (Å²) in [4.78, 5) is 20.5. The molecule has 0 saturated carbocycles. The molecule has 7 nitrogen and oxygen atoms in total. The second-order valence-electron chi connectivity index (χ2n) is 9.13. The molecule has 4 rings (SSSR count). The van der Waals surface area contributed by atoms with Gasteiger partial charge in [0.1, 0.15) is 17.7 Å². The first-order valence-electron chi connectivity index (χ1n) is 11.5. The minimum absolute atomic E-state index is 0.111. The summed E-state index contributed by atoms with van der Waals surface area (Å²) in [6.45, 7) is 8.04. The SMILES string of the molecule is CC1(C)COCCN1C=O.CC1CC(c2cc(/C=C(\F)c3ccc(C#N)cn3)ccc2F)N=C(N)S1. The molecule has 2 N–H and O–H groups in total. The fourth-order valence-electron chi connectivity index (χ4n) is 3.80. The highest BCUT2D eigenvalue weighted by atomic mass is 32.2. The van der Waals surface area contributed by atoms with Gasteiger partial charge >= 0.3 is 0 Å². The maximum atomic E-state index is 14.4. The van der Waals surface area contributed by atoms with E-state index in [9.17, 15) is 13.6 Å². The third-order valence-corrected chi connectivity index (χ3v) is 6.75. The molecule has 2 aromatic rings. The van der Waals surface area contributed by atoms with Gasteiger partial charge in [-0.15, -0.1) is 0 Å². The van der Waals surface area contributed by atoms with Gasteiger partial charge in [-0.05, 0) is 56.2 Å². The number of thioether (sulfide) groups is 1. The molecule has 2 atom stereocenters. The van der Waals surface area contributed by atoms with Crippen LogP contribution in [-0.4, -0.2) is 52.0 Å². The number of benzene rings is 1. The summed E-state index contributed by atoms with van der Waals surface area (Å²) < 4.78 is 33.9. The van der Waals surface area contributed by atoms with Gasteiger partial charge in [0.25, 0.3) is 0 Å². The number of carbonyl (C=O) groups is 1. The number of amidine groups is 1. The van der Waals surface area contributed by atoms with E-state index in [0.717, 1.165) is 13.0 Å². The lowest BCUT2D eigenvalue weighted by molar-refractivity contribution is -0.132. The van der Waals surface area contributed by atoms with Crippen LogP contribution in [0.3, 0.4) is 0 Å². The molecular formula is C26H29F2N5O2S. The number of nitrogens with zero attached hydrogens (tertiary/aromatic N) is 4. The van der Waals surface area contributed by atoms with Crippen molar-refractivity contribution >= 4 is 35.2 Å². The minimum Gasteiger partial charge on any atom is -0.379 e. The molecular weight excluding hydrogens is 484 g/mol. The third-order valence-electron chi connectivity index (χ3n) is 5.81. The maximum Gasteiger partial charge on any atom is 0.210 e. The number of nitrogens with two attached hydrogens (primary N) is 1. The van der Waals surface area contributed by atoms with Gasteiger partial charge < -0.3 is 15.4 Å². The number of aliphatic imine (C=N–C) groups is 1. The number of rotatable bonds is 4. The Morgan fingerprint density at radius 1 is 1.36 bits per heavy atom. The van der Waals surface area contributed by atoms with E-state index in [4.69, 9.17) is 15.7 Å². The lowest BCUT2D eigenvalue weighted by Crippen LogP contribution is -2.52. The molecule has 0 bridgehead atoms. The summed E-state index contributed by atoms with van der Waals surface area (Å²) in [6.07, 6.45) is 4.14. The van der Waals surface area contributed by atoms with E-state index in [0.29, 0.717) is 41.5 Å². The number of carbonyl (C=O) groups excluding carboxylic acids is 1. The largest absolute Gasteiger partial charge is 0.379 e. The van der Waals surface area contributed by atoms with E-state index >= 15 is 0 Å². The van der Waals surface area contributed by atoms with Crippen molar-refractivity contribution in [2.45, 2.75) is 44.0 Å². The van der Waals surface area contributed by atoms with Gasteiger partial charge in [0.05, 0.1) is 36.1 Å². The van der Waals surface area contributed by atoms with E-state index in [1.54, 1.807) is 11.0 Å². The normalized spacial score (nSPS) is 21.5. The average molecular weight is 514 g/mol. The van der Waals surface area contributed by atoms with Gasteiger partial charge in [-0.3, -0.25) is 14.8 Å². The molecule has 1 amide bonds. The third kappa shape index (κ3) is 7.12. The Bertz CT molecular complexity index is 1180. The molecule has 10 heteroatoms. The number of morpholine rings is 1. The zero-order valence-electron chi connectivity index (χ0n) is 20.4. The van der Waals surface area contributed by atoms with Crippen LogP contribution >= 0.6 is 11.8 Å². The van der Waals surface area contributed by atoms with Crippen LogP contribution in [0.15, 0.2) is 41.5 Å². The predicted octanol–water partition coefficient (Wildman–Crippen LogP) is 4.69. The van der Waals surface area contributed by atoms with E-state index in [-0.39, 0.29) is 28.3 Å². The van der Waals surface area contributed by atoms with Crippen molar-refractivity contribution in [3.05, 3.63) is 64.7 Å². The Labute approximate surface area is 214 Å². The van der Waals surface area contributed by atoms with Crippen molar-refractivity contribution in [2.24, 2.45) is 10.7 Å². The first kappa shape index (κ1) is 27.3. The molecule has 36 heavy (non-hydrogen) atoms. The Morgan fingerprint density at radius 3 is 2.72 bits per heavy atom. The fraction of sp³-hybridized carbons (Fsp3) is 0.385. The second kappa shape index (κ2) is 12.1. The van der Waals surface area contributed by atoms with E-state index in [2.05, 4.69) is 9.98 Å². The maximum absolute atomic E-state index is 14.4. The van der Waals surface area contributed by atoms with Gasteiger partial charge in [-0.1, -0.05) is 24.8 Å². The lowest BCUT2D eigenvalue weighted by Gasteiger charge is -2.39. The molecule has 190 valence electrons. The van der Waals surface area contributed by atoms with Gasteiger partial charge in [0, 0.05) is 23.6 Å². The van der Waals surface area contributed by atoms with Gasteiger partial charge in [0.15, 0.2) is 5.17 Å². The van der Waals surface area contributed by atoms with Crippen LogP contribution < -0.4 is 5.73 Å². The Hall–Kier alpha value is -3.29. The number of halogens is 2. The average Bonchev–Trinajstić information content (AvgIpc) is 2.85. The van der Waals surface area contributed by atoms with Gasteiger partial charge in [-0.25, -0.2) is 8.78 Å². The Kier molecular flexibility index (Phi) is 9.18. The Balaban J connectivity index is 0.000000303. The number of hydrogen-bond acceptors (Lipinski definition) is 7. The number of hydrogen-bond donors (Lipinski definition) is 1. The molecule has 0 aliphatic carbocycles. The topological polar surface area (TPSA) is 105 Å². The van der Waals surface area contributed by atoms with Crippen molar-refractivity contribution in [2.75, 3.05) is 19.8 Å². The molecule has 1 saturated heterocycles. The monoisotopic (exact) mass is 513 g/mol. The summed E-state index contributed by atoms with van der Waals surface area (Å²) in [5.74, 6) is -0.956. The van der Waals surface area contributed by atoms with Gasteiger partial charge in [0.2, 0.25) is 6.41 Å². The highest BCUT2D eigenvalue weighted by Gasteiger charge is 2.29. The molecule has 1 fully saturated rings. The molecule has 1 aromatic heterocycles. The van der Waals surface area contributed by atoms with Crippen LogP contribution in [0.5, 0.6) is 0 Å². The zero-order valence-corrected chi connectivity index (χ0v) is 21.3. The highest BCUT2D eigenvalue weighted by molar-refractivity contribution is 8.14. The van der Waals surface area contributed by atoms with Crippen molar-refractivity contribution in [1.29, 1.82) is 5.26 Å². The first-order chi connectivity index (χ1) is 17.1. The molecule has 1 aromatic carbocycles. The van der Waals surface area contributed by atoms with E-state index in [1.807, 2.05) is 26.8 Å². The van der Waals surface area contributed by atoms with Crippen LogP contribution in [-0.2, 0) is 9.53 Å². The van der Waals surface area contributed by atoms with Crippen molar-refractivity contribution in [3.8, 4) is 6.07 Å². The number of aromatic nitrogens is 1. The molecule has 3 heterocycles. The highest BCUT2D eigenvalue weighted by Crippen LogP contribution is 2.35.